The summed E-state index contributed by atoms with van der Waals surface area (Å²) in [6.45, 7) is 11.6. The van der Waals surface area contributed by atoms with E-state index in [1.165, 1.54) is 0 Å². The minimum Gasteiger partial charge on any atom is -0.512 e. The second-order valence-electron chi connectivity index (χ2n) is 5.38. The van der Waals surface area contributed by atoms with Crippen LogP contribution in [-0.2, 0) is 0 Å². The molecule has 0 spiro atoms. The number of allylic oxidation sites excluding steroid dienone is 6. The van der Waals surface area contributed by atoms with Gasteiger partial charge in [0.05, 0.1) is 0 Å². The molecule has 0 heterocycles. The van der Waals surface area contributed by atoms with Gasteiger partial charge in [0.1, 0.15) is 5.76 Å². The molecule has 2 nitrogen and oxygen atoms in total. The molecule has 0 radical (unpaired) electrons. The Morgan fingerprint density at radius 3 is 2.59 bits per heavy atom. The van der Waals surface area contributed by atoms with Gasteiger partial charge in [0, 0.05) is 17.9 Å². The van der Waals surface area contributed by atoms with Crippen LogP contribution in [0.1, 0.15) is 27.7 Å². The lowest BCUT2D eigenvalue weighted by Gasteiger charge is -2.31. The van der Waals surface area contributed by atoms with Crippen LogP contribution in [0.15, 0.2) is 47.3 Å². The molecule has 17 heavy (non-hydrogen) atoms. The van der Waals surface area contributed by atoms with E-state index in [0.29, 0.717) is 5.76 Å². The van der Waals surface area contributed by atoms with Crippen LogP contribution in [0, 0.1) is 11.3 Å². The molecule has 2 N–H and O–H groups in total. The summed E-state index contributed by atoms with van der Waals surface area (Å²) in [7, 11) is 0. The summed E-state index contributed by atoms with van der Waals surface area (Å²) in [5.74, 6) is 0.201. The van der Waals surface area contributed by atoms with Crippen LogP contribution in [0.4, 0.5) is 0 Å². The molecule has 0 fully saturated rings. The van der Waals surface area contributed by atoms with E-state index in [0.717, 1.165) is 16.7 Å². The minimum absolute atomic E-state index is 0.0350. The van der Waals surface area contributed by atoms with Crippen LogP contribution >= 0.6 is 0 Å². The molecule has 0 saturated heterocycles. The summed E-state index contributed by atoms with van der Waals surface area (Å²) in [5.41, 5.74) is 2.81. The number of hydrogen-bond acceptors (Lipinski definition) is 2. The average Bonchev–Trinajstić information content (AvgIpc) is 2.54. The van der Waals surface area contributed by atoms with Gasteiger partial charge >= 0.3 is 0 Å². The number of aliphatic hydroxyl groups excluding tert-OH is 2. The standard InChI is InChI=1S/C15H22O2/c1-6-10(2)7-12-11(3)8-13(17)14(12)15(4,5)9-16/h6-8,14,16-17H,1,9H2,2-5H3/b10-7-. The maximum atomic E-state index is 10.0. The molecular weight excluding hydrogens is 212 g/mol. The maximum Gasteiger partial charge on any atom is 0.101 e. The van der Waals surface area contributed by atoms with Crippen LogP contribution < -0.4 is 0 Å². The van der Waals surface area contributed by atoms with Gasteiger partial charge in [-0.05, 0) is 31.1 Å². The monoisotopic (exact) mass is 234 g/mol. The number of rotatable bonds is 4. The van der Waals surface area contributed by atoms with Gasteiger partial charge in [-0.3, -0.25) is 0 Å². The quantitative estimate of drug-likeness (QED) is 0.731. The van der Waals surface area contributed by atoms with Gasteiger partial charge < -0.3 is 10.2 Å². The molecule has 0 amide bonds. The second-order valence-corrected chi connectivity index (χ2v) is 5.38. The van der Waals surface area contributed by atoms with Crippen LogP contribution in [0.5, 0.6) is 0 Å². The van der Waals surface area contributed by atoms with Crippen molar-refractivity contribution in [2.45, 2.75) is 27.7 Å². The number of aliphatic hydroxyl groups is 2. The summed E-state index contributed by atoms with van der Waals surface area (Å²) in [4.78, 5) is 0. The summed E-state index contributed by atoms with van der Waals surface area (Å²) >= 11 is 0. The Bertz CT molecular complexity index is 409. The van der Waals surface area contributed by atoms with E-state index in [1.54, 1.807) is 12.2 Å². The summed E-state index contributed by atoms with van der Waals surface area (Å²) < 4.78 is 0. The van der Waals surface area contributed by atoms with Crippen LogP contribution in [0.3, 0.4) is 0 Å². The van der Waals surface area contributed by atoms with Crippen LogP contribution in [0.2, 0.25) is 0 Å². The summed E-state index contributed by atoms with van der Waals surface area (Å²) in [6, 6.07) is 0. The normalized spacial score (nSPS) is 21.8. The predicted molar refractivity (Wildman–Crippen MR) is 71.7 cm³/mol. The van der Waals surface area contributed by atoms with E-state index in [1.807, 2.05) is 33.8 Å². The highest BCUT2D eigenvalue weighted by Crippen LogP contribution is 2.43. The molecule has 1 unspecified atom stereocenters. The van der Waals surface area contributed by atoms with E-state index in [4.69, 9.17) is 0 Å². The van der Waals surface area contributed by atoms with Gasteiger partial charge in [0.25, 0.3) is 0 Å². The lowest BCUT2D eigenvalue weighted by molar-refractivity contribution is 0.110. The fraction of sp³-hybridized carbons (Fsp3) is 0.467. The molecule has 94 valence electrons. The molecule has 1 aliphatic carbocycles. The van der Waals surface area contributed by atoms with E-state index in [9.17, 15) is 10.2 Å². The van der Waals surface area contributed by atoms with Crippen molar-refractivity contribution in [3.63, 3.8) is 0 Å². The fourth-order valence-corrected chi connectivity index (χ4v) is 2.19. The Morgan fingerprint density at radius 2 is 2.12 bits per heavy atom. The van der Waals surface area contributed by atoms with Crippen molar-refractivity contribution in [1.29, 1.82) is 0 Å². The highest BCUT2D eigenvalue weighted by atomic mass is 16.3. The third-order valence-electron chi connectivity index (χ3n) is 3.32. The first kappa shape index (κ1) is 13.8. The lowest BCUT2D eigenvalue weighted by atomic mass is 9.75. The zero-order valence-electron chi connectivity index (χ0n) is 11.1. The molecule has 1 atom stereocenters. The van der Waals surface area contributed by atoms with Gasteiger partial charge in [-0.25, -0.2) is 0 Å². The Kier molecular flexibility index (Phi) is 3.99. The molecule has 2 heteroatoms. The first-order chi connectivity index (χ1) is 7.83. The molecule has 0 aromatic rings. The average molecular weight is 234 g/mol. The lowest BCUT2D eigenvalue weighted by Crippen LogP contribution is -2.29. The first-order valence-corrected chi connectivity index (χ1v) is 5.86. The first-order valence-electron chi connectivity index (χ1n) is 5.86. The highest BCUT2D eigenvalue weighted by molar-refractivity contribution is 5.47. The molecule has 0 aromatic carbocycles. The zero-order valence-corrected chi connectivity index (χ0v) is 11.1. The molecular formula is C15H22O2. The van der Waals surface area contributed by atoms with Gasteiger partial charge in [0.2, 0.25) is 0 Å². The Labute approximate surface area is 104 Å². The molecule has 0 aromatic heterocycles. The Hall–Kier alpha value is -1.28. The van der Waals surface area contributed by atoms with Crippen molar-refractivity contribution in [2.75, 3.05) is 6.61 Å². The van der Waals surface area contributed by atoms with Crippen molar-refractivity contribution in [2.24, 2.45) is 11.3 Å². The summed E-state index contributed by atoms with van der Waals surface area (Å²) in [5, 5.41) is 19.5. The number of hydrogen-bond donors (Lipinski definition) is 2. The predicted octanol–water partition coefficient (Wildman–Crippen LogP) is 3.53. The SMILES string of the molecule is C=C/C(C)=C\C1=C(C)C=C(O)C1C(C)(C)CO. The largest absolute Gasteiger partial charge is 0.512 e. The maximum absolute atomic E-state index is 10.0. The van der Waals surface area contributed by atoms with Crippen molar-refractivity contribution in [3.8, 4) is 0 Å². The van der Waals surface area contributed by atoms with E-state index in [-0.39, 0.29) is 17.9 Å². The van der Waals surface area contributed by atoms with Gasteiger partial charge in [-0.15, -0.1) is 0 Å². The Morgan fingerprint density at radius 1 is 1.53 bits per heavy atom. The topological polar surface area (TPSA) is 40.5 Å². The van der Waals surface area contributed by atoms with E-state index in [2.05, 4.69) is 6.58 Å². The molecule has 0 aliphatic heterocycles. The third kappa shape index (κ3) is 2.70. The smallest absolute Gasteiger partial charge is 0.101 e. The molecule has 0 bridgehead atoms. The molecule has 1 rings (SSSR count). The van der Waals surface area contributed by atoms with Crippen molar-refractivity contribution in [1.82, 2.24) is 0 Å². The Balaban J connectivity index is 3.20. The van der Waals surface area contributed by atoms with Crippen LogP contribution in [-0.4, -0.2) is 16.8 Å². The third-order valence-corrected chi connectivity index (χ3v) is 3.32. The van der Waals surface area contributed by atoms with Gasteiger partial charge in [-0.1, -0.05) is 38.2 Å². The zero-order chi connectivity index (χ0) is 13.2. The van der Waals surface area contributed by atoms with E-state index >= 15 is 0 Å². The van der Waals surface area contributed by atoms with Crippen molar-refractivity contribution < 1.29 is 10.2 Å². The van der Waals surface area contributed by atoms with Crippen LogP contribution in [0.25, 0.3) is 0 Å². The molecule has 1 aliphatic rings. The van der Waals surface area contributed by atoms with Crippen molar-refractivity contribution >= 4 is 0 Å². The van der Waals surface area contributed by atoms with Gasteiger partial charge in [-0.2, -0.15) is 0 Å². The summed E-state index contributed by atoms with van der Waals surface area (Å²) in [6.07, 6.45) is 5.60. The van der Waals surface area contributed by atoms with Crippen molar-refractivity contribution in [3.05, 3.63) is 47.3 Å². The van der Waals surface area contributed by atoms with E-state index < -0.39 is 0 Å². The molecule has 0 saturated carbocycles. The van der Waals surface area contributed by atoms with Gasteiger partial charge in [0.15, 0.2) is 0 Å². The highest BCUT2D eigenvalue weighted by Gasteiger charge is 2.37. The fourth-order valence-electron chi connectivity index (χ4n) is 2.19. The minimum atomic E-state index is -0.369. The second kappa shape index (κ2) is 4.92.